The largest absolute Gasteiger partial charge is 0.454 e. The molecule has 3 aromatic carbocycles. The molecule has 1 saturated heterocycles. The minimum atomic E-state index is -0.446. The van der Waals surface area contributed by atoms with Crippen molar-refractivity contribution < 1.29 is 28.6 Å². The van der Waals surface area contributed by atoms with Gasteiger partial charge in [0.05, 0.1) is 24.5 Å². The number of carbonyl (C=O) groups excluding carboxylic acids is 3. The zero-order chi connectivity index (χ0) is 33.1. The van der Waals surface area contributed by atoms with Gasteiger partial charge in [0.15, 0.2) is 11.5 Å². The molecule has 2 aliphatic heterocycles. The number of pyridine rings is 1. The van der Waals surface area contributed by atoms with Crippen LogP contribution in [0.1, 0.15) is 37.4 Å². The highest BCUT2D eigenvalue weighted by molar-refractivity contribution is 6.29. The molecule has 0 bridgehead atoms. The third kappa shape index (κ3) is 6.86. The van der Waals surface area contributed by atoms with E-state index in [0.29, 0.717) is 65.9 Å². The van der Waals surface area contributed by atoms with Crippen LogP contribution >= 0.6 is 11.6 Å². The third-order valence-electron chi connectivity index (χ3n) is 8.19. The summed E-state index contributed by atoms with van der Waals surface area (Å²) in [5, 5.41) is 5.73. The van der Waals surface area contributed by atoms with E-state index >= 15 is 0 Å². The lowest BCUT2D eigenvalue weighted by atomic mass is 9.96. The number of amides is 3. The van der Waals surface area contributed by atoms with E-state index in [1.165, 1.54) is 4.57 Å². The first-order valence-electron chi connectivity index (χ1n) is 15.1. The zero-order valence-corrected chi connectivity index (χ0v) is 26.7. The van der Waals surface area contributed by atoms with E-state index in [9.17, 15) is 19.2 Å². The summed E-state index contributed by atoms with van der Waals surface area (Å²) in [6.45, 7) is 3.83. The molecular weight excluding hydrogens is 624 g/mol. The summed E-state index contributed by atoms with van der Waals surface area (Å²) in [6.07, 6.45) is 2.00. The summed E-state index contributed by atoms with van der Waals surface area (Å²) in [6, 6.07) is 17.6. The number of rotatable bonds is 8. The molecule has 0 atom stereocenters. The van der Waals surface area contributed by atoms with Gasteiger partial charge in [-0.05, 0) is 71.6 Å². The number of hydrogen-bond donors (Lipinski definition) is 2. The van der Waals surface area contributed by atoms with Crippen LogP contribution in [-0.2, 0) is 23.0 Å². The maximum absolute atomic E-state index is 13.3. The van der Waals surface area contributed by atoms with Crippen molar-refractivity contribution in [1.29, 1.82) is 0 Å². The Morgan fingerprint density at radius 3 is 2.49 bits per heavy atom. The van der Waals surface area contributed by atoms with Gasteiger partial charge in [0.1, 0.15) is 5.88 Å². The predicted octanol–water partition coefficient (Wildman–Crippen LogP) is 4.58. The Morgan fingerprint density at radius 2 is 1.70 bits per heavy atom. The predicted molar refractivity (Wildman–Crippen MR) is 178 cm³/mol. The van der Waals surface area contributed by atoms with Gasteiger partial charge in [0.2, 0.25) is 12.7 Å². The van der Waals surface area contributed by atoms with E-state index in [-0.39, 0.29) is 36.5 Å². The molecule has 1 fully saturated rings. The van der Waals surface area contributed by atoms with E-state index in [2.05, 4.69) is 10.6 Å². The molecule has 242 valence electrons. The molecule has 1 aromatic heterocycles. The van der Waals surface area contributed by atoms with E-state index in [0.717, 1.165) is 22.3 Å². The molecule has 0 saturated carbocycles. The van der Waals surface area contributed by atoms with Gasteiger partial charge in [-0.2, -0.15) is 0 Å². The molecule has 0 spiro atoms. The number of aromatic nitrogens is 1. The molecule has 2 aliphatic rings. The number of benzene rings is 3. The summed E-state index contributed by atoms with van der Waals surface area (Å²) in [4.78, 5) is 53.7. The van der Waals surface area contributed by atoms with Crippen LogP contribution in [0.5, 0.6) is 11.5 Å². The molecule has 12 heteroatoms. The third-order valence-corrected chi connectivity index (χ3v) is 8.43. The van der Waals surface area contributed by atoms with Crippen molar-refractivity contribution in [3.05, 3.63) is 105 Å². The zero-order valence-electron chi connectivity index (χ0n) is 25.9. The standard InChI is InChI=1S/C35H33ClN4O7/c1-21-26(4-3-5-28(21)38-33(42)23-7-9-30-31(17-23)47-20-46-30)25-16-24(34(43)39(2)19-25)14-22-6-8-27(29(15-22)37-32(41)18-36)35(44)40-10-12-45-13-11-40/h3-9,15-17,19H,10-14,18,20H2,1-2H3,(H,37,41)(H,38,42). The molecule has 2 N–H and O–H groups in total. The van der Waals surface area contributed by atoms with Gasteiger partial charge in [0, 0.05) is 49.6 Å². The number of carbonyl (C=O) groups is 3. The van der Waals surface area contributed by atoms with Crippen molar-refractivity contribution in [3.63, 3.8) is 0 Å². The molecule has 0 unspecified atom stereocenters. The molecule has 11 nitrogen and oxygen atoms in total. The van der Waals surface area contributed by atoms with Crippen LogP contribution in [0.15, 0.2) is 71.7 Å². The lowest BCUT2D eigenvalue weighted by Gasteiger charge is -2.27. The Bertz CT molecular complexity index is 1930. The molecular formula is C35H33ClN4O7. The van der Waals surface area contributed by atoms with Crippen LogP contribution in [0, 0.1) is 6.92 Å². The van der Waals surface area contributed by atoms with Gasteiger partial charge in [-0.3, -0.25) is 19.2 Å². The molecule has 6 rings (SSSR count). The number of alkyl halides is 1. The van der Waals surface area contributed by atoms with Crippen LogP contribution in [0.4, 0.5) is 11.4 Å². The van der Waals surface area contributed by atoms with Crippen LogP contribution in [-0.4, -0.2) is 66.2 Å². The Labute approximate surface area is 276 Å². The highest BCUT2D eigenvalue weighted by atomic mass is 35.5. The Hall–Kier alpha value is -5.13. The van der Waals surface area contributed by atoms with E-state index in [1.54, 1.807) is 54.5 Å². The van der Waals surface area contributed by atoms with Crippen LogP contribution in [0.3, 0.4) is 0 Å². The average molecular weight is 657 g/mol. The minimum absolute atomic E-state index is 0.120. The SMILES string of the molecule is Cc1c(NC(=O)c2ccc3c(c2)OCO3)cccc1-c1cc(Cc2ccc(C(=O)N3CCOCC3)c(NC(=O)CCl)c2)c(=O)n(C)c1. The lowest BCUT2D eigenvalue weighted by Crippen LogP contribution is -2.41. The lowest BCUT2D eigenvalue weighted by molar-refractivity contribution is -0.113. The Balaban J connectivity index is 1.28. The second-order valence-corrected chi connectivity index (χ2v) is 11.6. The minimum Gasteiger partial charge on any atom is -0.454 e. The first-order chi connectivity index (χ1) is 22.7. The maximum Gasteiger partial charge on any atom is 0.256 e. The van der Waals surface area contributed by atoms with Gasteiger partial charge in [-0.25, -0.2) is 0 Å². The summed E-state index contributed by atoms with van der Waals surface area (Å²) >= 11 is 5.77. The van der Waals surface area contributed by atoms with Crippen LogP contribution < -0.4 is 25.7 Å². The normalized spacial score (nSPS) is 13.7. The summed E-state index contributed by atoms with van der Waals surface area (Å²) < 4.78 is 17.6. The number of hydrogen-bond acceptors (Lipinski definition) is 7. The molecule has 47 heavy (non-hydrogen) atoms. The Morgan fingerprint density at radius 1 is 0.915 bits per heavy atom. The van der Waals surface area contributed by atoms with Crippen LogP contribution in [0.25, 0.3) is 11.1 Å². The van der Waals surface area contributed by atoms with Crippen LogP contribution in [0.2, 0.25) is 0 Å². The van der Waals surface area contributed by atoms with Gasteiger partial charge in [-0.1, -0.05) is 18.2 Å². The maximum atomic E-state index is 13.3. The first-order valence-corrected chi connectivity index (χ1v) is 15.6. The molecule has 0 aliphatic carbocycles. The number of morpholine rings is 1. The van der Waals surface area contributed by atoms with E-state index < -0.39 is 5.91 Å². The fourth-order valence-electron chi connectivity index (χ4n) is 5.70. The number of anilines is 2. The van der Waals surface area contributed by atoms with Crippen molar-refractivity contribution in [2.75, 3.05) is 49.6 Å². The Kier molecular flexibility index (Phi) is 9.28. The van der Waals surface area contributed by atoms with Gasteiger partial charge >= 0.3 is 0 Å². The number of nitrogens with zero attached hydrogens (tertiary/aromatic N) is 2. The summed E-state index contributed by atoms with van der Waals surface area (Å²) in [5.74, 6) is -0.112. The van der Waals surface area contributed by atoms with E-state index in [1.807, 2.05) is 31.2 Å². The fraction of sp³-hybridized carbons (Fsp3) is 0.257. The number of fused-ring (bicyclic) bond motifs is 1. The summed E-state index contributed by atoms with van der Waals surface area (Å²) in [5.41, 5.74) is 5.24. The van der Waals surface area contributed by atoms with Crippen molar-refractivity contribution in [2.45, 2.75) is 13.3 Å². The van der Waals surface area contributed by atoms with Crippen molar-refractivity contribution in [2.24, 2.45) is 7.05 Å². The smallest absolute Gasteiger partial charge is 0.256 e. The molecule has 3 heterocycles. The van der Waals surface area contributed by atoms with Crippen molar-refractivity contribution in [3.8, 4) is 22.6 Å². The van der Waals surface area contributed by atoms with Gasteiger partial charge in [-0.15, -0.1) is 11.6 Å². The quantitative estimate of drug-likeness (QED) is 0.266. The highest BCUT2D eigenvalue weighted by Crippen LogP contribution is 2.34. The fourth-order valence-corrected chi connectivity index (χ4v) is 5.77. The highest BCUT2D eigenvalue weighted by Gasteiger charge is 2.23. The van der Waals surface area contributed by atoms with Gasteiger partial charge < -0.3 is 34.3 Å². The molecule has 0 radical (unpaired) electrons. The summed E-state index contributed by atoms with van der Waals surface area (Å²) in [7, 11) is 1.69. The molecule has 3 amide bonds. The van der Waals surface area contributed by atoms with E-state index in [4.69, 9.17) is 25.8 Å². The second kappa shape index (κ2) is 13.7. The van der Waals surface area contributed by atoms with Crippen molar-refractivity contribution in [1.82, 2.24) is 9.47 Å². The first kappa shape index (κ1) is 31.8. The number of halogens is 1. The average Bonchev–Trinajstić information content (AvgIpc) is 3.56. The number of aryl methyl sites for hydroxylation is 1. The van der Waals surface area contributed by atoms with Gasteiger partial charge in [0.25, 0.3) is 17.4 Å². The monoisotopic (exact) mass is 656 g/mol. The topological polar surface area (TPSA) is 128 Å². The number of nitrogens with one attached hydrogen (secondary N) is 2. The van der Waals surface area contributed by atoms with Crippen molar-refractivity contribution >= 4 is 40.7 Å². The molecule has 4 aromatic rings. The second-order valence-electron chi connectivity index (χ2n) is 11.3. The number of ether oxygens (including phenoxy) is 3.